The average molecular weight is 332 g/mol. The number of nitro benzene ring substituents is 1. The maximum absolute atomic E-state index is 11.0. The van der Waals surface area contributed by atoms with E-state index >= 15 is 0 Å². The summed E-state index contributed by atoms with van der Waals surface area (Å²) in [6.07, 6.45) is 0. The van der Waals surface area contributed by atoms with Crippen LogP contribution in [0.3, 0.4) is 0 Å². The van der Waals surface area contributed by atoms with Crippen LogP contribution in [0.5, 0.6) is 0 Å². The van der Waals surface area contributed by atoms with Gasteiger partial charge in [-0.25, -0.2) is 0 Å². The molecule has 1 rings (SSSR count). The van der Waals surface area contributed by atoms with Crippen LogP contribution in [-0.2, 0) is 0 Å². The van der Waals surface area contributed by atoms with E-state index in [-0.39, 0.29) is 12.2 Å². The number of likely N-dealkylation sites (N-methyl/N-ethyl adjacent to an activating group) is 1. The third-order valence-corrected chi connectivity index (χ3v) is 2.97. The van der Waals surface area contributed by atoms with Crippen LogP contribution in [0.25, 0.3) is 0 Å². The lowest BCUT2D eigenvalue weighted by atomic mass is 10.1. The highest BCUT2D eigenvalue weighted by Crippen LogP contribution is 2.28. The Bertz CT molecular complexity index is 464. The van der Waals surface area contributed by atoms with E-state index in [1.54, 1.807) is 19.1 Å². The van der Waals surface area contributed by atoms with Gasteiger partial charge in [-0.15, -0.1) is 0 Å². The molecule has 0 amide bonds. The molecule has 0 radical (unpaired) electrons. The van der Waals surface area contributed by atoms with Crippen LogP contribution < -0.4 is 5.32 Å². The molecular formula is C12H18BrN3O3. The molecule has 7 heteroatoms. The Hall–Kier alpha value is -1.18. The van der Waals surface area contributed by atoms with Gasteiger partial charge in [0.25, 0.3) is 5.69 Å². The molecule has 0 aliphatic carbocycles. The largest absolute Gasteiger partial charge is 0.387 e. The van der Waals surface area contributed by atoms with Crippen molar-refractivity contribution in [1.29, 1.82) is 0 Å². The number of hydrogen-bond acceptors (Lipinski definition) is 5. The van der Waals surface area contributed by atoms with E-state index in [2.05, 4.69) is 21.2 Å². The fourth-order valence-corrected chi connectivity index (χ4v) is 2.18. The summed E-state index contributed by atoms with van der Waals surface area (Å²) in [6.45, 7) is 2.38. The first-order chi connectivity index (χ1) is 8.71. The molecule has 0 heterocycles. The monoisotopic (exact) mass is 331 g/mol. The lowest BCUT2D eigenvalue weighted by molar-refractivity contribution is -0.384. The molecule has 0 saturated carbocycles. The standard InChI is InChI=1S/C12H18BrN3O3/c1-12(17,8-15(2)3)7-14-10-5-4-9(13)6-11(10)16(18)19/h4-6,14,17H,7-8H2,1-3H3. The van der Waals surface area contributed by atoms with E-state index in [0.717, 1.165) is 0 Å². The molecule has 1 unspecified atom stereocenters. The predicted molar refractivity (Wildman–Crippen MR) is 78.5 cm³/mol. The molecule has 1 atom stereocenters. The number of rotatable bonds is 6. The first-order valence-corrected chi connectivity index (χ1v) is 6.55. The zero-order chi connectivity index (χ0) is 14.6. The number of nitro groups is 1. The normalized spacial score (nSPS) is 14.2. The van der Waals surface area contributed by atoms with Gasteiger partial charge in [0.1, 0.15) is 5.69 Å². The molecular weight excluding hydrogens is 314 g/mol. The van der Waals surface area contributed by atoms with Gasteiger partial charge in [-0.2, -0.15) is 0 Å². The number of anilines is 1. The van der Waals surface area contributed by atoms with Crippen molar-refractivity contribution in [3.63, 3.8) is 0 Å². The van der Waals surface area contributed by atoms with Crippen molar-refractivity contribution in [3.8, 4) is 0 Å². The lowest BCUT2D eigenvalue weighted by Gasteiger charge is -2.27. The Labute approximate surface area is 120 Å². The van der Waals surface area contributed by atoms with Gasteiger partial charge in [-0.3, -0.25) is 10.1 Å². The van der Waals surface area contributed by atoms with E-state index in [0.29, 0.717) is 16.7 Å². The van der Waals surface area contributed by atoms with Crippen molar-refractivity contribution in [2.75, 3.05) is 32.5 Å². The van der Waals surface area contributed by atoms with Gasteiger partial charge in [0.2, 0.25) is 0 Å². The summed E-state index contributed by atoms with van der Waals surface area (Å²) >= 11 is 3.20. The van der Waals surface area contributed by atoms with E-state index in [1.807, 2.05) is 19.0 Å². The van der Waals surface area contributed by atoms with Crippen molar-refractivity contribution in [2.24, 2.45) is 0 Å². The molecule has 1 aromatic rings. The van der Waals surface area contributed by atoms with Crippen molar-refractivity contribution < 1.29 is 10.0 Å². The van der Waals surface area contributed by atoms with Crippen LogP contribution in [0, 0.1) is 10.1 Å². The molecule has 0 aliphatic heterocycles. The fourth-order valence-electron chi connectivity index (χ4n) is 1.83. The van der Waals surface area contributed by atoms with Gasteiger partial charge in [0, 0.05) is 23.6 Å². The van der Waals surface area contributed by atoms with Crippen LogP contribution >= 0.6 is 15.9 Å². The highest BCUT2D eigenvalue weighted by Gasteiger charge is 2.23. The first-order valence-electron chi connectivity index (χ1n) is 5.76. The Balaban J connectivity index is 2.80. The molecule has 0 aliphatic rings. The third kappa shape index (κ3) is 5.14. The number of aliphatic hydroxyl groups is 1. The summed E-state index contributed by atoms with van der Waals surface area (Å²) in [5.41, 5.74) is -0.591. The average Bonchev–Trinajstić information content (AvgIpc) is 2.25. The molecule has 0 aromatic heterocycles. The van der Waals surface area contributed by atoms with Crippen molar-refractivity contribution >= 4 is 27.3 Å². The van der Waals surface area contributed by atoms with Gasteiger partial charge < -0.3 is 15.3 Å². The Morgan fingerprint density at radius 3 is 2.68 bits per heavy atom. The minimum absolute atomic E-state index is 0.0185. The van der Waals surface area contributed by atoms with E-state index in [4.69, 9.17) is 0 Å². The summed E-state index contributed by atoms with van der Waals surface area (Å²) in [5, 5.41) is 24.0. The third-order valence-electron chi connectivity index (χ3n) is 2.47. The van der Waals surface area contributed by atoms with Crippen LogP contribution in [0.2, 0.25) is 0 Å². The number of nitrogens with one attached hydrogen (secondary N) is 1. The summed E-state index contributed by atoms with van der Waals surface area (Å²) in [7, 11) is 3.72. The first kappa shape index (κ1) is 15.9. The highest BCUT2D eigenvalue weighted by atomic mass is 79.9. The van der Waals surface area contributed by atoms with E-state index < -0.39 is 10.5 Å². The second kappa shape index (κ2) is 6.31. The fraction of sp³-hybridized carbons (Fsp3) is 0.500. The highest BCUT2D eigenvalue weighted by molar-refractivity contribution is 9.10. The Morgan fingerprint density at radius 1 is 1.53 bits per heavy atom. The zero-order valence-corrected chi connectivity index (χ0v) is 12.8. The number of halogens is 1. The second-order valence-electron chi connectivity index (χ2n) is 5.01. The zero-order valence-electron chi connectivity index (χ0n) is 11.2. The maximum Gasteiger partial charge on any atom is 0.293 e. The topological polar surface area (TPSA) is 78.6 Å². The molecule has 6 nitrogen and oxygen atoms in total. The molecule has 0 saturated heterocycles. The molecule has 1 aromatic carbocycles. The van der Waals surface area contributed by atoms with E-state index in [9.17, 15) is 15.2 Å². The van der Waals surface area contributed by atoms with Gasteiger partial charge in [0.15, 0.2) is 0 Å². The SMILES string of the molecule is CN(C)CC(C)(O)CNc1ccc(Br)cc1[N+](=O)[O-]. The smallest absolute Gasteiger partial charge is 0.293 e. The van der Waals surface area contributed by atoms with Crippen LogP contribution in [0.15, 0.2) is 22.7 Å². The second-order valence-corrected chi connectivity index (χ2v) is 5.92. The van der Waals surface area contributed by atoms with Crippen LogP contribution in [0.4, 0.5) is 11.4 Å². The summed E-state index contributed by atoms with van der Waals surface area (Å²) in [5.74, 6) is 0. The minimum atomic E-state index is -0.968. The summed E-state index contributed by atoms with van der Waals surface area (Å²) < 4.78 is 0.643. The van der Waals surface area contributed by atoms with Crippen LogP contribution in [-0.4, -0.2) is 47.7 Å². The van der Waals surface area contributed by atoms with Gasteiger partial charge in [-0.05, 0) is 33.2 Å². The van der Waals surface area contributed by atoms with Gasteiger partial charge >= 0.3 is 0 Å². The molecule has 106 valence electrons. The Morgan fingerprint density at radius 2 is 2.16 bits per heavy atom. The lowest BCUT2D eigenvalue weighted by Crippen LogP contribution is -2.43. The van der Waals surface area contributed by atoms with Crippen molar-refractivity contribution in [3.05, 3.63) is 32.8 Å². The van der Waals surface area contributed by atoms with E-state index in [1.165, 1.54) is 6.07 Å². The molecule has 0 bridgehead atoms. The van der Waals surface area contributed by atoms with Crippen molar-refractivity contribution in [2.45, 2.75) is 12.5 Å². The summed E-state index contributed by atoms with van der Waals surface area (Å²) in [4.78, 5) is 12.4. The minimum Gasteiger partial charge on any atom is -0.387 e. The molecule has 0 spiro atoms. The molecule has 2 N–H and O–H groups in total. The number of nitrogens with zero attached hydrogens (tertiary/aromatic N) is 2. The van der Waals surface area contributed by atoms with Gasteiger partial charge in [-0.1, -0.05) is 15.9 Å². The predicted octanol–water partition coefficient (Wildman–Crippen LogP) is 2.08. The Kier molecular flexibility index (Phi) is 5.28. The molecule has 19 heavy (non-hydrogen) atoms. The number of hydrogen-bond donors (Lipinski definition) is 2. The van der Waals surface area contributed by atoms with Crippen molar-refractivity contribution in [1.82, 2.24) is 4.90 Å². The molecule has 0 fully saturated rings. The quantitative estimate of drug-likeness (QED) is 0.616. The summed E-state index contributed by atoms with van der Waals surface area (Å²) in [6, 6.07) is 4.77. The maximum atomic E-state index is 11.0. The van der Waals surface area contributed by atoms with Crippen LogP contribution in [0.1, 0.15) is 6.92 Å². The number of benzene rings is 1. The van der Waals surface area contributed by atoms with Gasteiger partial charge in [0.05, 0.1) is 10.5 Å².